The van der Waals surface area contributed by atoms with Crippen LogP contribution in [0.3, 0.4) is 0 Å². The number of aryl methyl sites for hydroxylation is 1. The molecule has 0 saturated carbocycles. The standard InChI is InChI=1S/C19H23NO3/c1-14-5-4-6-17(13-14)23-12-11-18(19(21)22)15-7-9-16(10-8-15)20(2)3/h4-10,13,18H,11-12H2,1-3H3,(H,21,22). The zero-order valence-corrected chi connectivity index (χ0v) is 13.8. The molecule has 0 aliphatic heterocycles. The van der Waals surface area contributed by atoms with Crippen molar-refractivity contribution >= 4 is 11.7 Å². The van der Waals surface area contributed by atoms with Crippen molar-refractivity contribution in [3.63, 3.8) is 0 Å². The maximum Gasteiger partial charge on any atom is 0.311 e. The first kappa shape index (κ1) is 16.9. The lowest BCUT2D eigenvalue weighted by Crippen LogP contribution is -2.15. The van der Waals surface area contributed by atoms with E-state index in [0.717, 1.165) is 22.6 Å². The molecule has 2 aromatic carbocycles. The van der Waals surface area contributed by atoms with Gasteiger partial charge < -0.3 is 14.7 Å². The largest absolute Gasteiger partial charge is 0.494 e. The number of ether oxygens (including phenoxy) is 1. The summed E-state index contributed by atoms with van der Waals surface area (Å²) in [7, 11) is 3.92. The molecule has 1 N–H and O–H groups in total. The maximum absolute atomic E-state index is 11.5. The molecule has 0 aromatic heterocycles. The second-order valence-electron chi connectivity index (χ2n) is 5.83. The number of carboxylic acid groups (broad SMARTS) is 1. The highest BCUT2D eigenvalue weighted by Gasteiger charge is 2.20. The predicted octanol–water partition coefficient (Wildman–Crippen LogP) is 3.70. The topological polar surface area (TPSA) is 49.8 Å². The molecule has 1 atom stereocenters. The predicted molar refractivity (Wildman–Crippen MR) is 92.4 cm³/mol. The van der Waals surface area contributed by atoms with Gasteiger partial charge >= 0.3 is 5.97 Å². The molecule has 4 heteroatoms. The smallest absolute Gasteiger partial charge is 0.311 e. The van der Waals surface area contributed by atoms with Gasteiger partial charge in [0.2, 0.25) is 0 Å². The highest BCUT2D eigenvalue weighted by molar-refractivity contribution is 5.76. The Bertz CT molecular complexity index is 650. The van der Waals surface area contributed by atoms with Crippen LogP contribution in [0.25, 0.3) is 0 Å². The summed E-state index contributed by atoms with van der Waals surface area (Å²) in [6.45, 7) is 2.37. The summed E-state index contributed by atoms with van der Waals surface area (Å²) in [6.07, 6.45) is 0.435. The lowest BCUT2D eigenvalue weighted by Gasteiger charge is -2.16. The molecular weight excluding hydrogens is 290 g/mol. The van der Waals surface area contributed by atoms with E-state index >= 15 is 0 Å². The number of carbonyl (C=O) groups is 1. The Morgan fingerprint density at radius 3 is 2.43 bits per heavy atom. The molecule has 0 spiro atoms. The Morgan fingerprint density at radius 2 is 1.87 bits per heavy atom. The molecule has 0 aliphatic rings. The minimum atomic E-state index is -0.824. The van der Waals surface area contributed by atoms with Crippen LogP contribution in [0.15, 0.2) is 48.5 Å². The molecule has 2 rings (SSSR count). The molecule has 0 bridgehead atoms. The fraction of sp³-hybridized carbons (Fsp3) is 0.316. The third-order valence-corrected chi connectivity index (χ3v) is 3.77. The van der Waals surface area contributed by atoms with E-state index in [1.165, 1.54) is 0 Å². The Labute approximate surface area is 137 Å². The van der Waals surface area contributed by atoms with Gasteiger partial charge in [-0.05, 0) is 48.7 Å². The van der Waals surface area contributed by atoms with E-state index in [1.54, 1.807) is 0 Å². The highest BCUT2D eigenvalue weighted by Crippen LogP contribution is 2.23. The van der Waals surface area contributed by atoms with Crippen molar-refractivity contribution in [2.24, 2.45) is 0 Å². The van der Waals surface area contributed by atoms with Gasteiger partial charge in [0.15, 0.2) is 0 Å². The molecule has 0 aliphatic carbocycles. The monoisotopic (exact) mass is 313 g/mol. The Balaban J connectivity index is 2.00. The highest BCUT2D eigenvalue weighted by atomic mass is 16.5. The second-order valence-corrected chi connectivity index (χ2v) is 5.83. The van der Waals surface area contributed by atoms with E-state index in [4.69, 9.17) is 4.74 Å². The fourth-order valence-corrected chi connectivity index (χ4v) is 2.44. The van der Waals surface area contributed by atoms with Gasteiger partial charge in [-0.3, -0.25) is 4.79 Å². The SMILES string of the molecule is Cc1cccc(OCCC(C(=O)O)c2ccc(N(C)C)cc2)c1. The molecule has 4 nitrogen and oxygen atoms in total. The third kappa shape index (κ3) is 4.74. The number of nitrogens with zero attached hydrogens (tertiary/aromatic N) is 1. The van der Waals surface area contributed by atoms with Gasteiger partial charge in [0.05, 0.1) is 12.5 Å². The number of anilines is 1. The van der Waals surface area contributed by atoms with Crippen molar-refractivity contribution in [1.82, 2.24) is 0 Å². The number of hydrogen-bond acceptors (Lipinski definition) is 3. The van der Waals surface area contributed by atoms with Crippen LogP contribution in [-0.2, 0) is 4.79 Å². The summed E-state index contributed by atoms with van der Waals surface area (Å²) in [5.41, 5.74) is 2.97. The first-order chi connectivity index (χ1) is 11.0. The van der Waals surface area contributed by atoms with E-state index in [-0.39, 0.29) is 0 Å². The van der Waals surface area contributed by atoms with Crippen LogP contribution in [0.4, 0.5) is 5.69 Å². The number of hydrogen-bond donors (Lipinski definition) is 1. The van der Waals surface area contributed by atoms with Crippen LogP contribution in [0.1, 0.15) is 23.5 Å². The zero-order chi connectivity index (χ0) is 16.8. The van der Waals surface area contributed by atoms with Crippen LogP contribution in [0.2, 0.25) is 0 Å². The molecule has 0 saturated heterocycles. The summed E-state index contributed by atoms with van der Waals surface area (Å²) in [5, 5.41) is 9.48. The van der Waals surface area contributed by atoms with Gasteiger partial charge in [0.25, 0.3) is 0 Å². The van der Waals surface area contributed by atoms with Crippen molar-refractivity contribution in [3.8, 4) is 5.75 Å². The molecule has 0 heterocycles. The van der Waals surface area contributed by atoms with E-state index in [9.17, 15) is 9.90 Å². The molecule has 0 fully saturated rings. The van der Waals surface area contributed by atoms with Crippen LogP contribution in [0, 0.1) is 6.92 Å². The van der Waals surface area contributed by atoms with Gasteiger partial charge in [-0.15, -0.1) is 0 Å². The summed E-state index contributed by atoms with van der Waals surface area (Å²) >= 11 is 0. The van der Waals surface area contributed by atoms with E-state index in [0.29, 0.717) is 13.0 Å². The maximum atomic E-state index is 11.5. The molecule has 0 amide bonds. The average Bonchev–Trinajstić information content (AvgIpc) is 2.51. The number of aliphatic carboxylic acids is 1. The number of benzene rings is 2. The molecular formula is C19H23NO3. The van der Waals surface area contributed by atoms with E-state index in [2.05, 4.69) is 0 Å². The second kappa shape index (κ2) is 7.68. The first-order valence-electron chi connectivity index (χ1n) is 7.67. The Morgan fingerprint density at radius 1 is 1.17 bits per heavy atom. The summed E-state index contributed by atoms with van der Waals surface area (Å²) in [6, 6.07) is 15.4. The van der Waals surface area contributed by atoms with Crippen molar-refractivity contribution in [2.45, 2.75) is 19.3 Å². The molecule has 1 unspecified atom stereocenters. The lowest BCUT2D eigenvalue weighted by molar-refractivity contribution is -0.139. The Hall–Kier alpha value is -2.49. The minimum absolute atomic E-state index is 0.371. The van der Waals surface area contributed by atoms with Gasteiger partial charge in [0.1, 0.15) is 5.75 Å². The van der Waals surface area contributed by atoms with Crippen molar-refractivity contribution < 1.29 is 14.6 Å². The summed E-state index contributed by atoms with van der Waals surface area (Å²) in [5.74, 6) is -0.608. The van der Waals surface area contributed by atoms with E-state index < -0.39 is 11.9 Å². The Kier molecular flexibility index (Phi) is 5.63. The normalized spacial score (nSPS) is 11.8. The summed E-state index contributed by atoms with van der Waals surface area (Å²) < 4.78 is 5.68. The quantitative estimate of drug-likeness (QED) is 0.847. The van der Waals surface area contributed by atoms with Crippen molar-refractivity contribution in [1.29, 1.82) is 0 Å². The van der Waals surface area contributed by atoms with Crippen molar-refractivity contribution in [3.05, 3.63) is 59.7 Å². The molecule has 0 radical (unpaired) electrons. The molecule has 2 aromatic rings. The third-order valence-electron chi connectivity index (χ3n) is 3.77. The average molecular weight is 313 g/mol. The van der Waals surface area contributed by atoms with Crippen molar-refractivity contribution in [2.75, 3.05) is 25.6 Å². The summed E-state index contributed by atoms with van der Waals surface area (Å²) in [4.78, 5) is 13.5. The van der Waals surface area contributed by atoms with Crippen LogP contribution < -0.4 is 9.64 Å². The van der Waals surface area contributed by atoms with Gasteiger partial charge in [-0.1, -0.05) is 24.3 Å². The fourth-order valence-electron chi connectivity index (χ4n) is 2.44. The van der Waals surface area contributed by atoms with Crippen LogP contribution in [0.5, 0.6) is 5.75 Å². The molecule has 122 valence electrons. The number of carboxylic acids is 1. The van der Waals surface area contributed by atoms with Gasteiger partial charge in [-0.2, -0.15) is 0 Å². The minimum Gasteiger partial charge on any atom is -0.494 e. The first-order valence-corrected chi connectivity index (χ1v) is 7.67. The van der Waals surface area contributed by atoms with Crippen LogP contribution in [-0.4, -0.2) is 31.8 Å². The van der Waals surface area contributed by atoms with E-state index in [1.807, 2.05) is 74.4 Å². The lowest BCUT2D eigenvalue weighted by atomic mass is 9.96. The van der Waals surface area contributed by atoms with Gasteiger partial charge in [0, 0.05) is 19.8 Å². The van der Waals surface area contributed by atoms with Gasteiger partial charge in [-0.25, -0.2) is 0 Å². The molecule has 23 heavy (non-hydrogen) atoms. The number of rotatable bonds is 7. The van der Waals surface area contributed by atoms with Crippen LogP contribution >= 0.6 is 0 Å². The zero-order valence-electron chi connectivity index (χ0n) is 13.8.